The maximum Gasteiger partial charge on any atom is 0.242 e. The SMILES string of the molecule is CCC(C)N(CC(=O)N1CCc2sccc2C1COc1cccc(OC)c1)C(=O)C(C)C. The van der Waals surface area contributed by atoms with Gasteiger partial charge in [0, 0.05) is 29.4 Å². The normalized spacial score (nSPS) is 16.4. The van der Waals surface area contributed by atoms with Crippen LogP contribution in [0.5, 0.6) is 11.5 Å². The van der Waals surface area contributed by atoms with Gasteiger partial charge in [-0.25, -0.2) is 0 Å². The van der Waals surface area contributed by atoms with Gasteiger partial charge in [0.25, 0.3) is 0 Å². The van der Waals surface area contributed by atoms with Crippen LogP contribution in [0.3, 0.4) is 0 Å². The fourth-order valence-electron chi connectivity index (χ4n) is 3.98. The molecule has 0 saturated heterocycles. The number of amides is 2. The second-order valence-electron chi connectivity index (χ2n) is 8.52. The summed E-state index contributed by atoms with van der Waals surface area (Å²) < 4.78 is 11.4. The van der Waals surface area contributed by atoms with E-state index in [0.29, 0.717) is 18.9 Å². The zero-order valence-corrected chi connectivity index (χ0v) is 20.5. The smallest absolute Gasteiger partial charge is 0.242 e. The lowest BCUT2D eigenvalue weighted by atomic mass is 10.00. The van der Waals surface area contributed by atoms with E-state index in [-0.39, 0.29) is 36.4 Å². The van der Waals surface area contributed by atoms with E-state index >= 15 is 0 Å². The monoisotopic (exact) mass is 458 g/mol. The first-order valence-corrected chi connectivity index (χ1v) is 12.2. The molecule has 32 heavy (non-hydrogen) atoms. The summed E-state index contributed by atoms with van der Waals surface area (Å²) in [4.78, 5) is 31.2. The summed E-state index contributed by atoms with van der Waals surface area (Å²) in [6.07, 6.45) is 1.64. The Labute approximate surface area is 195 Å². The maximum absolute atomic E-state index is 13.5. The first-order chi connectivity index (χ1) is 15.3. The van der Waals surface area contributed by atoms with E-state index in [2.05, 4.69) is 11.4 Å². The third-order valence-electron chi connectivity index (χ3n) is 6.07. The molecule has 0 aliphatic carbocycles. The van der Waals surface area contributed by atoms with Crippen molar-refractivity contribution in [3.8, 4) is 11.5 Å². The van der Waals surface area contributed by atoms with Gasteiger partial charge in [0.2, 0.25) is 11.8 Å². The van der Waals surface area contributed by atoms with Crippen molar-refractivity contribution in [3.05, 3.63) is 46.2 Å². The highest BCUT2D eigenvalue weighted by Gasteiger charge is 2.34. The first-order valence-electron chi connectivity index (χ1n) is 11.3. The van der Waals surface area contributed by atoms with Crippen molar-refractivity contribution < 1.29 is 19.1 Å². The molecule has 2 atom stereocenters. The summed E-state index contributed by atoms with van der Waals surface area (Å²) in [5, 5.41) is 2.07. The number of fused-ring (bicyclic) bond motifs is 1. The molecule has 6 nitrogen and oxygen atoms in total. The van der Waals surface area contributed by atoms with Crippen LogP contribution in [-0.2, 0) is 16.0 Å². The third-order valence-corrected chi connectivity index (χ3v) is 7.07. The molecule has 2 unspecified atom stereocenters. The molecule has 0 bridgehead atoms. The molecule has 1 aliphatic heterocycles. The first kappa shape index (κ1) is 24.1. The molecule has 2 heterocycles. The van der Waals surface area contributed by atoms with E-state index in [4.69, 9.17) is 9.47 Å². The molecule has 0 N–H and O–H groups in total. The summed E-state index contributed by atoms with van der Waals surface area (Å²) >= 11 is 1.72. The van der Waals surface area contributed by atoms with Gasteiger partial charge in [-0.1, -0.05) is 26.8 Å². The second kappa shape index (κ2) is 10.9. The van der Waals surface area contributed by atoms with Gasteiger partial charge in [-0.15, -0.1) is 11.3 Å². The quantitative estimate of drug-likeness (QED) is 0.553. The van der Waals surface area contributed by atoms with Crippen LogP contribution in [0, 0.1) is 5.92 Å². The predicted octanol–water partition coefficient (Wildman–Crippen LogP) is 4.54. The Balaban J connectivity index is 1.79. The van der Waals surface area contributed by atoms with E-state index in [1.54, 1.807) is 23.3 Å². The van der Waals surface area contributed by atoms with Crippen molar-refractivity contribution in [2.75, 3.05) is 26.8 Å². The van der Waals surface area contributed by atoms with Gasteiger partial charge < -0.3 is 19.3 Å². The van der Waals surface area contributed by atoms with E-state index in [9.17, 15) is 9.59 Å². The maximum atomic E-state index is 13.5. The number of thiophene rings is 1. The Kier molecular flexibility index (Phi) is 8.18. The molecule has 1 aromatic heterocycles. The highest BCUT2D eigenvalue weighted by atomic mass is 32.1. The van der Waals surface area contributed by atoms with Crippen molar-refractivity contribution in [1.82, 2.24) is 9.80 Å². The van der Waals surface area contributed by atoms with E-state index in [1.165, 1.54) is 4.88 Å². The number of hydrogen-bond donors (Lipinski definition) is 0. The number of carbonyl (C=O) groups is 2. The summed E-state index contributed by atoms with van der Waals surface area (Å²) in [5.41, 5.74) is 1.14. The number of methoxy groups -OCH3 is 1. The lowest BCUT2D eigenvalue weighted by Crippen LogP contribution is -2.50. The van der Waals surface area contributed by atoms with Crippen LogP contribution in [-0.4, -0.2) is 54.5 Å². The van der Waals surface area contributed by atoms with Gasteiger partial charge in [0.1, 0.15) is 24.7 Å². The summed E-state index contributed by atoms with van der Waals surface area (Å²) in [7, 11) is 1.62. The van der Waals surface area contributed by atoms with Crippen LogP contribution in [0.25, 0.3) is 0 Å². The molecular formula is C25H34N2O4S. The Morgan fingerprint density at radius 3 is 2.66 bits per heavy atom. The van der Waals surface area contributed by atoms with Crippen molar-refractivity contribution in [3.63, 3.8) is 0 Å². The van der Waals surface area contributed by atoms with Crippen LogP contribution in [0.2, 0.25) is 0 Å². The van der Waals surface area contributed by atoms with Crippen LogP contribution >= 0.6 is 11.3 Å². The number of ether oxygens (including phenoxy) is 2. The van der Waals surface area contributed by atoms with Crippen molar-refractivity contribution in [2.24, 2.45) is 5.92 Å². The summed E-state index contributed by atoms with van der Waals surface area (Å²) in [6, 6.07) is 9.40. The molecule has 3 rings (SSSR count). The van der Waals surface area contributed by atoms with Crippen LogP contribution in [0.1, 0.15) is 50.6 Å². The lowest BCUT2D eigenvalue weighted by Gasteiger charge is -2.38. The number of benzene rings is 1. The zero-order valence-electron chi connectivity index (χ0n) is 19.7. The topological polar surface area (TPSA) is 59.1 Å². The fourth-order valence-corrected chi connectivity index (χ4v) is 4.91. The van der Waals surface area contributed by atoms with Gasteiger partial charge >= 0.3 is 0 Å². The van der Waals surface area contributed by atoms with Gasteiger partial charge in [0.15, 0.2) is 0 Å². The van der Waals surface area contributed by atoms with E-state index in [1.807, 2.05) is 56.9 Å². The Morgan fingerprint density at radius 1 is 1.22 bits per heavy atom. The molecule has 0 spiro atoms. The van der Waals surface area contributed by atoms with Gasteiger partial charge in [-0.2, -0.15) is 0 Å². The molecular weight excluding hydrogens is 424 g/mol. The molecule has 0 radical (unpaired) electrons. The minimum absolute atomic E-state index is 0.0156. The molecule has 7 heteroatoms. The molecule has 1 aromatic carbocycles. The number of hydrogen-bond acceptors (Lipinski definition) is 5. The predicted molar refractivity (Wildman–Crippen MR) is 127 cm³/mol. The highest BCUT2D eigenvalue weighted by Crippen LogP contribution is 2.34. The minimum atomic E-state index is -0.184. The number of rotatable bonds is 9. The van der Waals surface area contributed by atoms with E-state index in [0.717, 1.165) is 24.2 Å². The largest absolute Gasteiger partial charge is 0.497 e. The molecule has 0 fully saturated rings. The highest BCUT2D eigenvalue weighted by molar-refractivity contribution is 7.10. The minimum Gasteiger partial charge on any atom is -0.497 e. The molecule has 2 aromatic rings. The zero-order chi connectivity index (χ0) is 23.3. The number of nitrogens with zero attached hydrogens (tertiary/aromatic N) is 2. The van der Waals surface area contributed by atoms with Crippen molar-refractivity contribution in [2.45, 2.75) is 52.6 Å². The van der Waals surface area contributed by atoms with Gasteiger partial charge in [-0.3, -0.25) is 9.59 Å². The molecule has 0 saturated carbocycles. The Morgan fingerprint density at radius 2 is 1.97 bits per heavy atom. The van der Waals surface area contributed by atoms with Crippen molar-refractivity contribution in [1.29, 1.82) is 0 Å². The third kappa shape index (κ3) is 5.44. The van der Waals surface area contributed by atoms with Gasteiger partial charge in [-0.05, 0) is 48.9 Å². The average molecular weight is 459 g/mol. The molecule has 1 aliphatic rings. The Hall–Kier alpha value is -2.54. The average Bonchev–Trinajstić information content (AvgIpc) is 3.29. The van der Waals surface area contributed by atoms with Gasteiger partial charge in [0.05, 0.1) is 13.2 Å². The standard InChI is InChI=1S/C25H34N2O4S/c1-6-18(4)27(25(29)17(2)3)15-24(28)26-12-10-23-21(11-13-32-23)22(26)16-31-20-9-7-8-19(14-20)30-5/h7-9,11,13-14,17-18,22H,6,10,12,15-16H2,1-5H3. The van der Waals surface area contributed by atoms with Crippen LogP contribution < -0.4 is 9.47 Å². The fraction of sp³-hybridized carbons (Fsp3) is 0.520. The summed E-state index contributed by atoms with van der Waals surface area (Å²) in [5.74, 6) is 1.27. The van der Waals surface area contributed by atoms with Crippen molar-refractivity contribution >= 4 is 23.2 Å². The molecule has 174 valence electrons. The Bertz CT molecular complexity index is 926. The van der Waals surface area contributed by atoms with Crippen LogP contribution in [0.4, 0.5) is 0 Å². The summed E-state index contributed by atoms with van der Waals surface area (Å²) in [6.45, 7) is 8.88. The molecule has 2 amide bonds. The second-order valence-corrected chi connectivity index (χ2v) is 9.52. The van der Waals surface area contributed by atoms with E-state index < -0.39 is 0 Å². The number of carbonyl (C=O) groups excluding carboxylic acids is 2. The lowest BCUT2D eigenvalue weighted by molar-refractivity contribution is -0.146. The van der Waals surface area contributed by atoms with Crippen LogP contribution in [0.15, 0.2) is 35.7 Å².